The van der Waals surface area contributed by atoms with Crippen molar-refractivity contribution in [2.24, 2.45) is 5.73 Å². The zero-order valence-corrected chi connectivity index (χ0v) is 12.8. The molecule has 6 heteroatoms. The lowest BCUT2D eigenvalue weighted by Crippen LogP contribution is -2.14. The average Bonchev–Trinajstić information content (AvgIpc) is 2.53. The number of hydrogen-bond donors (Lipinski definition) is 2. The summed E-state index contributed by atoms with van der Waals surface area (Å²) in [7, 11) is 3.71. The molecule has 0 aliphatic rings. The molecule has 1 amide bonds. The fourth-order valence-electron chi connectivity index (χ4n) is 2.39. The van der Waals surface area contributed by atoms with Gasteiger partial charge in [-0.15, -0.1) is 0 Å². The van der Waals surface area contributed by atoms with Crippen LogP contribution in [0.5, 0.6) is 5.75 Å². The van der Waals surface area contributed by atoms with E-state index in [2.05, 4.69) is 9.97 Å². The second-order valence-electron chi connectivity index (χ2n) is 5.38. The maximum Gasteiger partial charge on any atom is 0.248 e. The van der Waals surface area contributed by atoms with Crippen molar-refractivity contribution >= 4 is 22.6 Å². The van der Waals surface area contributed by atoms with E-state index < -0.39 is 5.91 Å². The second kappa shape index (κ2) is 5.57. The molecule has 0 aliphatic carbocycles. The number of carbonyl (C=O) groups excluding carboxylic acids is 1. The number of hydrogen-bond acceptors (Lipinski definition) is 5. The highest BCUT2D eigenvalue weighted by Gasteiger charge is 2.14. The van der Waals surface area contributed by atoms with Gasteiger partial charge in [0.05, 0.1) is 11.1 Å². The van der Waals surface area contributed by atoms with Crippen molar-refractivity contribution < 1.29 is 9.90 Å². The Bertz CT molecular complexity index is 906. The number of carbonyl (C=O) groups is 1. The molecule has 3 N–H and O–H groups in total. The Kier molecular flexibility index (Phi) is 3.57. The maximum atomic E-state index is 11.4. The first-order valence-corrected chi connectivity index (χ1v) is 7.04. The molecule has 2 aromatic carbocycles. The Hall–Kier alpha value is -3.15. The van der Waals surface area contributed by atoms with E-state index in [1.54, 1.807) is 36.4 Å². The van der Waals surface area contributed by atoms with E-state index in [9.17, 15) is 9.90 Å². The van der Waals surface area contributed by atoms with Crippen LogP contribution in [-0.4, -0.2) is 35.1 Å². The van der Waals surface area contributed by atoms with E-state index in [0.29, 0.717) is 28.3 Å². The largest absolute Gasteiger partial charge is 0.507 e. The molecule has 0 spiro atoms. The van der Waals surface area contributed by atoms with Gasteiger partial charge in [0.1, 0.15) is 11.6 Å². The lowest BCUT2D eigenvalue weighted by Gasteiger charge is -2.16. The summed E-state index contributed by atoms with van der Waals surface area (Å²) < 4.78 is 0. The van der Waals surface area contributed by atoms with Crippen LogP contribution in [0.2, 0.25) is 0 Å². The molecule has 1 heterocycles. The maximum absolute atomic E-state index is 11.4. The Morgan fingerprint density at radius 1 is 1.13 bits per heavy atom. The van der Waals surface area contributed by atoms with E-state index in [-0.39, 0.29) is 5.75 Å². The molecule has 23 heavy (non-hydrogen) atoms. The Morgan fingerprint density at radius 2 is 1.87 bits per heavy atom. The number of phenols is 1. The molecule has 1 aromatic heterocycles. The summed E-state index contributed by atoms with van der Waals surface area (Å²) in [5, 5.41) is 10.8. The number of aromatic hydroxyl groups is 1. The fourth-order valence-corrected chi connectivity index (χ4v) is 2.39. The van der Waals surface area contributed by atoms with Crippen LogP contribution in [0.15, 0.2) is 42.5 Å². The number of phenolic OH excluding ortho intramolecular Hbond substituents is 1. The normalized spacial score (nSPS) is 10.7. The zero-order valence-electron chi connectivity index (χ0n) is 12.8. The quantitative estimate of drug-likeness (QED) is 0.773. The van der Waals surface area contributed by atoms with Crippen LogP contribution in [0.3, 0.4) is 0 Å². The SMILES string of the molecule is CN(C)c1nc(-c2ccccc2O)nc2ccc(C(N)=O)cc12. The summed E-state index contributed by atoms with van der Waals surface area (Å²) >= 11 is 0. The zero-order chi connectivity index (χ0) is 16.6. The summed E-state index contributed by atoms with van der Waals surface area (Å²) in [4.78, 5) is 22.3. The van der Waals surface area contributed by atoms with Gasteiger partial charge in [-0.3, -0.25) is 4.79 Å². The topological polar surface area (TPSA) is 92.3 Å². The molecule has 0 saturated carbocycles. The van der Waals surface area contributed by atoms with Gasteiger partial charge in [-0.05, 0) is 30.3 Å². The number of anilines is 1. The van der Waals surface area contributed by atoms with E-state index in [4.69, 9.17) is 5.73 Å². The number of fused-ring (bicyclic) bond motifs is 1. The molecule has 0 saturated heterocycles. The van der Waals surface area contributed by atoms with Crippen molar-refractivity contribution in [3.63, 3.8) is 0 Å². The minimum atomic E-state index is -0.499. The van der Waals surface area contributed by atoms with Gasteiger partial charge >= 0.3 is 0 Å². The lowest BCUT2D eigenvalue weighted by atomic mass is 10.1. The lowest BCUT2D eigenvalue weighted by molar-refractivity contribution is 0.100. The number of aromatic nitrogens is 2. The highest BCUT2D eigenvalue weighted by molar-refractivity contribution is 6.00. The smallest absolute Gasteiger partial charge is 0.248 e. The summed E-state index contributed by atoms with van der Waals surface area (Å²) in [5.74, 6) is 0.689. The third-order valence-corrected chi connectivity index (χ3v) is 3.53. The summed E-state index contributed by atoms with van der Waals surface area (Å²) in [6, 6.07) is 11.9. The van der Waals surface area contributed by atoms with Crippen LogP contribution in [0.4, 0.5) is 5.82 Å². The van der Waals surface area contributed by atoms with Gasteiger partial charge in [0.15, 0.2) is 5.82 Å². The molecule has 0 bridgehead atoms. The van der Waals surface area contributed by atoms with E-state index >= 15 is 0 Å². The second-order valence-corrected chi connectivity index (χ2v) is 5.38. The standard InChI is InChI=1S/C17H16N4O2/c1-21(2)17-12-9-10(15(18)23)7-8-13(12)19-16(20-17)11-5-3-4-6-14(11)22/h3-9,22H,1-2H3,(H2,18,23). The highest BCUT2D eigenvalue weighted by Crippen LogP contribution is 2.31. The van der Waals surface area contributed by atoms with Crippen LogP contribution >= 0.6 is 0 Å². The first-order chi connectivity index (χ1) is 11.0. The Labute approximate surface area is 133 Å². The molecule has 3 rings (SSSR count). The molecule has 0 radical (unpaired) electrons. The molecule has 0 fully saturated rings. The van der Waals surface area contributed by atoms with Crippen LogP contribution in [0.25, 0.3) is 22.3 Å². The van der Waals surface area contributed by atoms with Crippen molar-refractivity contribution in [3.8, 4) is 17.1 Å². The monoisotopic (exact) mass is 308 g/mol. The van der Waals surface area contributed by atoms with Crippen LogP contribution in [0, 0.1) is 0 Å². The van der Waals surface area contributed by atoms with E-state index in [1.165, 1.54) is 0 Å². The van der Waals surface area contributed by atoms with Crippen LogP contribution in [0.1, 0.15) is 10.4 Å². The number of para-hydroxylation sites is 1. The van der Waals surface area contributed by atoms with Crippen molar-refractivity contribution in [1.82, 2.24) is 9.97 Å². The number of benzene rings is 2. The molecular formula is C17H16N4O2. The average molecular weight is 308 g/mol. The summed E-state index contributed by atoms with van der Waals surface area (Å²) in [6.45, 7) is 0. The highest BCUT2D eigenvalue weighted by atomic mass is 16.3. The van der Waals surface area contributed by atoms with Crippen LogP contribution in [-0.2, 0) is 0 Å². The van der Waals surface area contributed by atoms with E-state index in [1.807, 2.05) is 25.1 Å². The minimum absolute atomic E-state index is 0.116. The summed E-state index contributed by atoms with van der Waals surface area (Å²) in [6.07, 6.45) is 0. The molecule has 0 atom stereocenters. The molecule has 116 valence electrons. The predicted molar refractivity (Wildman–Crippen MR) is 89.5 cm³/mol. The number of rotatable bonds is 3. The molecule has 6 nitrogen and oxygen atoms in total. The summed E-state index contributed by atoms with van der Waals surface area (Å²) in [5.41, 5.74) is 6.97. The fraction of sp³-hybridized carbons (Fsp3) is 0.118. The minimum Gasteiger partial charge on any atom is -0.507 e. The van der Waals surface area contributed by atoms with Gasteiger partial charge in [-0.2, -0.15) is 0 Å². The Balaban J connectivity index is 2.30. The van der Waals surface area contributed by atoms with Gasteiger partial charge in [0.2, 0.25) is 5.91 Å². The van der Waals surface area contributed by atoms with Crippen molar-refractivity contribution in [2.45, 2.75) is 0 Å². The van der Waals surface area contributed by atoms with Crippen LogP contribution < -0.4 is 10.6 Å². The number of amides is 1. The van der Waals surface area contributed by atoms with Crippen molar-refractivity contribution in [2.75, 3.05) is 19.0 Å². The van der Waals surface area contributed by atoms with Gasteiger partial charge in [-0.25, -0.2) is 9.97 Å². The first kappa shape index (κ1) is 14.8. The van der Waals surface area contributed by atoms with Gasteiger partial charge in [0.25, 0.3) is 0 Å². The predicted octanol–water partition coefficient (Wildman–Crippen LogP) is 2.17. The molecular weight excluding hydrogens is 292 g/mol. The molecule has 3 aromatic rings. The van der Waals surface area contributed by atoms with Crippen molar-refractivity contribution in [1.29, 1.82) is 0 Å². The van der Waals surface area contributed by atoms with Gasteiger partial charge in [0, 0.05) is 25.0 Å². The third-order valence-electron chi connectivity index (χ3n) is 3.53. The number of primary amides is 1. The molecule has 0 aliphatic heterocycles. The van der Waals surface area contributed by atoms with Gasteiger partial charge in [-0.1, -0.05) is 12.1 Å². The Morgan fingerprint density at radius 3 is 2.52 bits per heavy atom. The first-order valence-electron chi connectivity index (χ1n) is 7.04. The number of nitrogens with two attached hydrogens (primary N) is 1. The van der Waals surface area contributed by atoms with E-state index in [0.717, 1.165) is 5.39 Å². The third kappa shape index (κ3) is 2.66. The number of nitrogens with zero attached hydrogens (tertiary/aromatic N) is 3. The van der Waals surface area contributed by atoms with Gasteiger partial charge < -0.3 is 15.7 Å². The van der Waals surface area contributed by atoms with Crippen molar-refractivity contribution in [3.05, 3.63) is 48.0 Å². The molecule has 0 unspecified atom stereocenters.